The lowest BCUT2D eigenvalue weighted by molar-refractivity contribution is -0.126. The van der Waals surface area contributed by atoms with Gasteiger partial charge in [-0.05, 0) is 40.3 Å². The molecule has 15 heavy (non-hydrogen) atoms. The molecule has 0 fully saturated rings. The zero-order valence-corrected chi connectivity index (χ0v) is 10.7. The fourth-order valence-electron chi connectivity index (χ4n) is 1.12. The van der Waals surface area contributed by atoms with Gasteiger partial charge in [-0.15, -0.1) is 0 Å². The maximum absolute atomic E-state index is 11.2. The number of carbonyl (C=O) groups excluding carboxylic acids is 1. The molecule has 0 aliphatic rings. The van der Waals surface area contributed by atoms with E-state index in [9.17, 15) is 4.79 Å². The molecule has 0 aromatic heterocycles. The lowest BCUT2D eigenvalue weighted by Crippen LogP contribution is -2.25. The molecule has 0 bridgehead atoms. The van der Waals surface area contributed by atoms with Crippen molar-refractivity contribution < 1.29 is 9.53 Å². The molecule has 3 nitrogen and oxygen atoms in total. The summed E-state index contributed by atoms with van der Waals surface area (Å²) in [6.45, 7) is 9.28. The molecule has 0 amide bonds. The highest BCUT2D eigenvalue weighted by Crippen LogP contribution is 2.21. The fraction of sp³-hybridized carbons (Fsp3) is 0.917. The molecule has 0 rings (SSSR count). The molecular formula is C12H25NO2. The van der Waals surface area contributed by atoms with Gasteiger partial charge in [0.2, 0.25) is 0 Å². The van der Waals surface area contributed by atoms with E-state index in [0.29, 0.717) is 6.61 Å². The SMILES string of the molecule is CNCCC(C)OCCC(C)(C)C(C)=O. The third-order valence-electron chi connectivity index (χ3n) is 2.88. The van der Waals surface area contributed by atoms with E-state index in [4.69, 9.17) is 4.74 Å². The van der Waals surface area contributed by atoms with Gasteiger partial charge in [0.25, 0.3) is 0 Å². The van der Waals surface area contributed by atoms with Gasteiger partial charge in [-0.25, -0.2) is 0 Å². The Labute approximate surface area is 93.6 Å². The van der Waals surface area contributed by atoms with E-state index in [0.717, 1.165) is 19.4 Å². The first-order chi connectivity index (χ1) is 6.90. The Balaban J connectivity index is 3.65. The summed E-state index contributed by atoms with van der Waals surface area (Å²) in [6, 6.07) is 0. The Bertz CT molecular complexity index is 190. The molecule has 0 spiro atoms. The highest BCUT2D eigenvalue weighted by molar-refractivity contribution is 5.81. The number of ether oxygens (including phenoxy) is 1. The Morgan fingerprint density at radius 1 is 1.47 bits per heavy atom. The molecule has 0 saturated carbocycles. The van der Waals surface area contributed by atoms with Crippen LogP contribution in [0.5, 0.6) is 0 Å². The standard InChI is InChI=1S/C12H25NO2/c1-10(6-8-13-5)15-9-7-12(3,4)11(2)14/h10,13H,6-9H2,1-5H3. The van der Waals surface area contributed by atoms with Gasteiger partial charge in [0.1, 0.15) is 5.78 Å². The lowest BCUT2D eigenvalue weighted by atomic mass is 9.86. The van der Waals surface area contributed by atoms with E-state index in [1.165, 1.54) is 0 Å². The predicted molar refractivity (Wildman–Crippen MR) is 63.0 cm³/mol. The van der Waals surface area contributed by atoms with Gasteiger partial charge in [-0.3, -0.25) is 4.79 Å². The molecule has 0 aromatic rings. The molecule has 0 heterocycles. The zero-order chi connectivity index (χ0) is 11.9. The summed E-state index contributed by atoms with van der Waals surface area (Å²) in [6.07, 6.45) is 2.07. The van der Waals surface area contributed by atoms with Crippen LogP contribution in [0.15, 0.2) is 0 Å². The van der Waals surface area contributed by atoms with Crippen LogP contribution in [0.4, 0.5) is 0 Å². The monoisotopic (exact) mass is 215 g/mol. The van der Waals surface area contributed by atoms with Crippen molar-refractivity contribution in [3.63, 3.8) is 0 Å². The minimum Gasteiger partial charge on any atom is -0.378 e. The zero-order valence-electron chi connectivity index (χ0n) is 10.7. The summed E-state index contributed by atoms with van der Waals surface area (Å²) in [5.41, 5.74) is -0.247. The van der Waals surface area contributed by atoms with E-state index >= 15 is 0 Å². The van der Waals surface area contributed by atoms with Crippen molar-refractivity contribution in [2.24, 2.45) is 5.41 Å². The first kappa shape index (κ1) is 14.6. The van der Waals surface area contributed by atoms with Crippen LogP contribution in [0.3, 0.4) is 0 Å². The Hall–Kier alpha value is -0.410. The van der Waals surface area contributed by atoms with Crippen molar-refractivity contribution >= 4 is 5.78 Å². The maximum atomic E-state index is 11.2. The molecule has 0 aromatic carbocycles. The van der Waals surface area contributed by atoms with E-state index in [-0.39, 0.29) is 17.3 Å². The Kier molecular flexibility index (Phi) is 6.77. The smallest absolute Gasteiger partial charge is 0.135 e. The van der Waals surface area contributed by atoms with Crippen molar-refractivity contribution in [3.8, 4) is 0 Å². The van der Waals surface area contributed by atoms with Crippen LogP contribution < -0.4 is 5.32 Å². The second-order valence-electron chi connectivity index (χ2n) is 4.76. The van der Waals surface area contributed by atoms with Gasteiger partial charge in [-0.1, -0.05) is 13.8 Å². The summed E-state index contributed by atoms with van der Waals surface area (Å²) in [7, 11) is 1.94. The van der Waals surface area contributed by atoms with Gasteiger partial charge in [0.05, 0.1) is 6.10 Å². The third-order valence-corrected chi connectivity index (χ3v) is 2.88. The minimum atomic E-state index is -0.247. The quantitative estimate of drug-likeness (QED) is 0.673. The van der Waals surface area contributed by atoms with E-state index < -0.39 is 0 Å². The molecule has 0 radical (unpaired) electrons. The van der Waals surface area contributed by atoms with Crippen LogP contribution in [-0.4, -0.2) is 32.1 Å². The van der Waals surface area contributed by atoms with Crippen molar-refractivity contribution in [1.82, 2.24) is 5.32 Å². The predicted octanol–water partition coefficient (Wildman–Crippen LogP) is 2.01. The number of rotatable bonds is 8. The average Bonchev–Trinajstić information content (AvgIpc) is 2.14. The molecule has 1 N–H and O–H groups in total. The summed E-state index contributed by atoms with van der Waals surface area (Å²) < 4.78 is 5.64. The van der Waals surface area contributed by atoms with E-state index in [1.807, 2.05) is 20.9 Å². The molecule has 3 heteroatoms. The number of ketones is 1. The van der Waals surface area contributed by atoms with Crippen molar-refractivity contribution in [1.29, 1.82) is 0 Å². The molecular weight excluding hydrogens is 190 g/mol. The summed E-state index contributed by atoms with van der Waals surface area (Å²) >= 11 is 0. The normalized spacial score (nSPS) is 13.9. The Morgan fingerprint density at radius 2 is 2.07 bits per heavy atom. The number of hydrogen-bond donors (Lipinski definition) is 1. The first-order valence-electron chi connectivity index (χ1n) is 5.67. The highest BCUT2D eigenvalue weighted by atomic mass is 16.5. The van der Waals surface area contributed by atoms with E-state index in [1.54, 1.807) is 6.92 Å². The lowest BCUT2D eigenvalue weighted by Gasteiger charge is -2.22. The molecule has 1 unspecified atom stereocenters. The van der Waals surface area contributed by atoms with Gasteiger partial charge >= 0.3 is 0 Å². The van der Waals surface area contributed by atoms with Crippen LogP contribution in [-0.2, 0) is 9.53 Å². The first-order valence-corrected chi connectivity index (χ1v) is 5.67. The van der Waals surface area contributed by atoms with Crippen LogP contribution >= 0.6 is 0 Å². The average molecular weight is 215 g/mol. The van der Waals surface area contributed by atoms with Gasteiger partial charge in [0.15, 0.2) is 0 Å². The second-order valence-corrected chi connectivity index (χ2v) is 4.76. The van der Waals surface area contributed by atoms with Crippen molar-refractivity contribution in [2.75, 3.05) is 20.2 Å². The van der Waals surface area contributed by atoms with Crippen molar-refractivity contribution in [3.05, 3.63) is 0 Å². The van der Waals surface area contributed by atoms with Gasteiger partial charge < -0.3 is 10.1 Å². The van der Waals surface area contributed by atoms with Crippen LogP contribution in [0.25, 0.3) is 0 Å². The molecule has 0 aliphatic carbocycles. The minimum absolute atomic E-state index is 0.231. The summed E-state index contributed by atoms with van der Waals surface area (Å²) in [4.78, 5) is 11.2. The summed E-state index contributed by atoms with van der Waals surface area (Å²) in [5, 5.41) is 3.09. The third kappa shape index (κ3) is 6.63. The highest BCUT2D eigenvalue weighted by Gasteiger charge is 2.23. The molecule has 1 atom stereocenters. The van der Waals surface area contributed by atoms with Crippen LogP contribution in [0.2, 0.25) is 0 Å². The van der Waals surface area contributed by atoms with Gasteiger partial charge in [-0.2, -0.15) is 0 Å². The van der Waals surface area contributed by atoms with Crippen LogP contribution in [0.1, 0.15) is 40.5 Å². The molecule has 0 saturated heterocycles. The number of hydrogen-bond acceptors (Lipinski definition) is 3. The number of Topliss-reactive ketones (excluding diaryl/α,β-unsaturated/α-hetero) is 1. The Morgan fingerprint density at radius 3 is 2.53 bits per heavy atom. The number of nitrogens with one attached hydrogen (secondary N) is 1. The van der Waals surface area contributed by atoms with Gasteiger partial charge in [0, 0.05) is 12.0 Å². The van der Waals surface area contributed by atoms with E-state index in [2.05, 4.69) is 12.2 Å². The largest absolute Gasteiger partial charge is 0.378 e. The number of carbonyl (C=O) groups is 1. The summed E-state index contributed by atoms with van der Waals surface area (Å²) in [5.74, 6) is 0.231. The maximum Gasteiger partial charge on any atom is 0.135 e. The topological polar surface area (TPSA) is 38.3 Å². The van der Waals surface area contributed by atoms with Crippen molar-refractivity contribution in [2.45, 2.75) is 46.6 Å². The fourth-order valence-corrected chi connectivity index (χ4v) is 1.12. The molecule has 0 aliphatic heterocycles. The molecule has 90 valence electrons. The van der Waals surface area contributed by atoms with Crippen LogP contribution in [0, 0.1) is 5.41 Å². The second kappa shape index (κ2) is 6.96.